The van der Waals surface area contributed by atoms with Crippen LogP contribution in [0.3, 0.4) is 0 Å². The summed E-state index contributed by atoms with van der Waals surface area (Å²) in [5, 5.41) is 8.98. The highest BCUT2D eigenvalue weighted by molar-refractivity contribution is 5.64. The van der Waals surface area contributed by atoms with Gasteiger partial charge in [0, 0.05) is 32.0 Å². The third-order valence-electron chi connectivity index (χ3n) is 5.24. The fourth-order valence-corrected chi connectivity index (χ4v) is 3.60. The molecule has 0 atom stereocenters. The first-order chi connectivity index (χ1) is 13.7. The molecule has 1 aliphatic heterocycles. The van der Waals surface area contributed by atoms with E-state index in [0.717, 1.165) is 48.6 Å². The first-order valence-corrected chi connectivity index (χ1v) is 9.68. The third-order valence-corrected chi connectivity index (χ3v) is 5.24. The lowest BCUT2D eigenvalue weighted by Gasteiger charge is -2.29. The smallest absolute Gasteiger partial charge is 0.143 e. The van der Waals surface area contributed by atoms with Crippen molar-refractivity contribution in [3.8, 4) is 23.2 Å². The van der Waals surface area contributed by atoms with Gasteiger partial charge in [-0.25, -0.2) is 4.98 Å². The molecule has 1 saturated heterocycles. The maximum Gasteiger partial charge on any atom is 0.143 e. The zero-order valence-electron chi connectivity index (χ0n) is 16.1. The van der Waals surface area contributed by atoms with Gasteiger partial charge in [0.05, 0.1) is 17.2 Å². The van der Waals surface area contributed by atoms with E-state index in [1.807, 2.05) is 54.9 Å². The quantitative estimate of drug-likeness (QED) is 0.681. The third kappa shape index (κ3) is 4.08. The zero-order valence-corrected chi connectivity index (χ0v) is 16.1. The first kappa shape index (κ1) is 18.3. The largest absolute Gasteiger partial charge is 0.490 e. The van der Waals surface area contributed by atoms with E-state index in [2.05, 4.69) is 33.6 Å². The van der Waals surface area contributed by atoms with Crippen LogP contribution in [-0.4, -0.2) is 40.7 Å². The van der Waals surface area contributed by atoms with E-state index in [0.29, 0.717) is 12.1 Å². The van der Waals surface area contributed by atoms with Crippen molar-refractivity contribution >= 4 is 0 Å². The topological polar surface area (TPSA) is 54.1 Å². The molecule has 3 aromatic rings. The molecule has 2 heterocycles. The molecule has 0 unspecified atom stereocenters. The number of hydrogen-bond donors (Lipinski definition) is 0. The molecule has 1 fully saturated rings. The first-order valence-electron chi connectivity index (χ1n) is 9.68. The van der Waals surface area contributed by atoms with Gasteiger partial charge in [0.25, 0.3) is 0 Å². The summed E-state index contributed by atoms with van der Waals surface area (Å²) < 4.78 is 8.50. The predicted molar refractivity (Wildman–Crippen MR) is 109 cm³/mol. The summed E-state index contributed by atoms with van der Waals surface area (Å²) in [5.41, 5.74) is 2.82. The average molecular weight is 372 g/mol. The zero-order chi connectivity index (χ0) is 19.3. The number of rotatable bonds is 5. The fourth-order valence-electron chi connectivity index (χ4n) is 3.60. The van der Waals surface area contributed by atoms with Crippen LogP contribution in [-0.2, 0) is 6.54 Å². The average Bonchev–Trinajstić information content (AvgIpc) is 3.18. The Hall–Kier alpha value is -3.10. The molecule has 28 heavy (non-hydrogen) atoms. The molecule has 142 valence electrons. The van der Waals surface area contributed by atoms with E-state index in [4.69, 9.17) is 10.00 Å². The van der Waals surface area contributed by atoms with Gasteiger partial charge in [0.2, 0.25) is 0 Å². The summed E-state index contributed by atoms with van der Waals surface area (Å²) in [7, 11) is 2.16. The minimum atomic E-state index is 0.249. The number of piperidine rings is 1. The van der Waals surface area contributed by atoms with Crippen LogP contribution in [0.15, 0.2) is 60.9 Å². The van der Waals surface area contributed by atoms with Gasteiger partial charge in [-0.1, -0.05) is 24.3 Å². The van der Waals surface area contributed by atoms with E-state index in [1.54, 1.807) is 0 Å². The second kappa shape index (κ2) is 8.28. The molecule has 0 spiro atoms. The molecule has 5 heteroatoms. The number of imidazole rings is 1. The molecular formula is C23H24N4O. The van der Waals surface area contributed by atoms with Crippen LogP contribution in [0.1, 0.15) is 24.0 Å². The summed E-state index contributed by atoms with van der Waals surface area (Å²) >= 11 is 0. The summed E-state index contributed by atoms with van der Waals surface area (Å²) in [4.78, 5) is 6.95. The predicted octanol–water partition coefficient (Wildman–Crippen LogP) is 3.94. The number of aromatic nitrogens is 2. The van der Waals surface area contributed by atoms with Gasteiger partial charge >= 0.3 is 0 Å². The number of hydrogen-bond acceptors (Lipinski definition) is 4. The van der Waals surface area contributed by atoms with Crippen LogP contribution in [0.2, 0.25) is 0 Å². The van der Waals surface area contributed by atoms with Crippen molar-refractivity contribution in [1.82, 2.24) is 14.5 Å². The van der Waals surface area contributed by atoms with Gasteiger partial charge in [-0.05, 0) is 49.7 Å². The van der Waals surface area contributed by atoms with Crippen LogP contribution in [0.25, 0.3) is 11.4 Å². The summed E-state index contributed by atoms with van der Waals surface area (Å²) in [6.07, 6.45) is 6.15. The van der Waals surface area contributed by atoms with Gasteiger partial charge in [0.1, 0.15) is 17.7 Å². The van der Waals surface area contributed by atoms with Crippen LogP contribution < -0.4 is 4.74 Å². The Morgan fingerprint density at radius 3 is 2.61 bits per heavy atom. The van der Waals surface area contributed by atoms with E-state index < -0.39 is 0 Å². The molecule has 0 amide bonds. The van der Waals surface area contributed by atoms with Crippen molar-refractivity contribution in [3.63, 3.8) is 0 Å². The minimum absolute atomic E-state index is 0.249. The Bertz CT molecular complexity index is 963. The van der Waals surface area contributed by atoms with E-state index in [9.17, 15) is 0 Å². The normalized spacial score (nSPS) is 15.3. The number of para-hydroxylation sites is 1. The molecule has 0 radical (unpaired) electrons. The Balaban J connectivity index is 1.56. The molecular weight excluding hydrogens is 348 g/mol. The van der Waals surface area contributed by atoms with Crippen LogP contribution in [0, 0.1) is 11.3 Å². The standard InChI is InChI=1S/C23H24N4O/c1-26-13-10-20(11-14-26)28-22-5-3-2-4-21(22)23-25-12-15-27(23)17-19-8-6-18(16-24)7-9-19/h2-9,12,15,20H,10-11,13-14,17H2,1H3. The van der Waals surface area contributed by atoms with Crippen molar-refractivity contribution in [2.75, 3.05) is 20.1 Å². The van der Waals surface area contributed by atoms with Gasteiger partial charge in [0.15, 0.2) is 0 Å². The molecule has 1 aliphatic rings. The van der Waals surface area contributed by atoms with Crippen molar-refractivity contribution in [1.29, 1.82) is 5.26 Å². The summed E-state index contributed by atoms with van der Waals surface area (Å²) in [6.45, 7) is 2.84. The van der Waals surface area contributed by atoms with Crippen LogP contribution in [0.4, 0.5) is 0 Å². The fraction of sp³-hybridized carbons (Fsp3) is 0.304. The summed E-state index contributed by atoms with van der Waals surface area (Å²) in [5.74, 6) is 1.79. The van der Waals surface area contributed by atoms with Crippen molar-refractivity contribution in [2.24, 2.45) is 0 Å². The minimum Gasteiger partial charge on any atom is -0.490 e. The number of benzene rings is 2. The van der Waals surface area contributed by atoms with Crippen LogP contribution in [0.5, 0.6) is 5.75 Å². The highest BCUT2D eigenvalue weighted by Crippen LogP contribution is 2.31. The lowest BCUT2D eigenvalue weighted by Crippen LogP contribution is -2.35. The van der Waals surface area contributed by atoms with Crippen molar-refractivity contribution in [2.45, 2.75) is 25.5 Å². The second-order valence-electron chi connectivity index (χ2n) is 7.30. The molecule has 1 aromatic heterocycles. The molecule has 0 aliphatic carbocycles. The molecule has 0 bridgehead atoms. The maximum atomic E-state index is 8.98. The molecule has 5 nitrogen and oxygen atoms in total. The second-order valence-corrected chi connectivity index (χ2v) is 7.30. The van der Waals surface area contributed by atoms with E-state index in [-0.39, 0.29) is 6.10 Å². The highest BCUT2D eigenvalue weighted by Gasteiger charge is 2.20. The lowest BCUT2D eigenvalue weighted by molar-refractivity contribution is 0.115. The van der Waals surface area contributed by atoms with Gasteiger partial charge in [-0.2, -0.15) is 5.26 Å². The highest BCUT2D eigenvalue weighted by atomic mass is 16.5. The van der Waals surface area contributed by atoms with Gasteiger partial charge in [-0.3, -0.25) is 0 Å². The number of nitrogens with zero attached hydrogens (tertiary/aromatic N) is 4. The monoisotopic (exact) mass is 372 g/mol. The van der Waals surface area contributed by atoms with E-state index in [1.165, 1.54) is 0 Å². The van der Waals surface area contributed by atoms with Crippen LogP contribution >= 0.6 is 0 Å². The number of nitriles is 1. The molecule has 0 saturated carbocycles. The van der Waals surface area contributed by atoms with Crippen molar-refractivity contribution < 1.29 is 4.74 Å². The SMILES string of the molecule is CN1CCC(Oc2ccccc2-c2nccn2Cc2ccc(C#N)cc2)CC1. The Kier molecular flexibility index (Phi) is 5.41. The Labute approximate surface area is 165 Å². The van der Waals surface area contributed by atoms with Gasteiger partial charge in [-0.15, -0.1) is 0 Å². The molecule has 2 aromatic carbocycles. The van der Waals surface area contributed by atoms with Gasteiger partial charge < -0.3 is 14.2 Å². The number of likely N-dealkylation sites (tertiary alicyclic amines) is 1. The Morgan fingerprint density at radius 2 is 1.86 bits per heavy atom. The summed E-state index contributed by atoms with van der Waals surface area (Å²) in [6, 6.07) is 18.0. The number of ether oxygens (including phenoxy) is 1. The van der Waals surface area contributed by atoms with E-state index >= 15 is 0 Å². The molecule has 0 N–H and O–H groups in total. The lowest BCUT2D eigenvalue weighted by atomic mass is 10.1. The molecule has 4 rings (SSSR count). The van der Waals surface area contributed by atoms with Crippen molar-refractivity contribution in [3.05, 3.63) is 72.1 Å². The maximum absolute atomic E-state index is 8.98. The Morgan fingerprint density at radius 1 is 1.11 bits per heavy atom.